The van der Waals surface area contributed by atoms with Gasteiger partial charge in [0.1, 0.15) is 5.60 Å². The molecule has 0 radical (unpaired) electrons. The van der Waals surface area contributed by atoms with Gasteiger partial charge in [0.2, 0.25) is 0 Å². The minimum atomic E-state index is -0.627. The van der Waals surface area contributed by atoms with Gasteiger partial charge in [-0.15, -0.1) is 0 Å². The van der Waals surface area contributed by atoms with Gasteiger partial charge in [0.25, 0.3) is 5.91 Å². The van der Waals surface area contributed by atoms with Gasteiger partial charge in [-0.1, -0.05) is 72.7 Å². The highest BCUT2D eigenvalue weighted by molar-refractivity contribution is 6.04. The predicted octanol–water partition coefficient (Wildman–Crippen LogP) is 7.92. The van der Waals surface area contributed by atoms with E-state index in [0.717, 1.165) is 24.2 Å². The van der Waals surface area contributed by atoms with Crippen LogP contribution in [0.2, 0.25) is 0 Å². The maximum Gasteiger partial charge on any atom is 0.435 e. The zero-order valence-electron chi connectivity index (χ0n) is 25.5. The van der Waals surface area contributed by atoms with E-state index in [0.29, 0.717) is 16.9 Å². The van der Waals surface area contributed by atoms with E-state index in [1.54, 1.807) is 39.1 Å². The molecule has 0 spiro atoms. The van der Waals surface area contributed by atoms with Gasteiger partial charge < -0.3 is 15.4 Å². The fourth-order valence-corrected chi connectivity index (χ4v) is 3.41. The second-order valence-electron chi connectivity index (χ2n) is 10.8. The average Bonchev–Trinajstić information content (AvgIpc) is 3.38. The molecule has 0 saturated heterocycles. The molecular formula is C32H48N4O3. The normalized spacial score (nSPS) is 10.9. The Morgan fingerprint density at radius 1 is 0.923 bits per heavy atom. The lowest BCUT2D eigenvalue weighted by Gasteiger charge is -2.20. The first-order chi connectivity index (χ1) is 18.4. The molecule has 0 saturated carbocycles. The fraction of sp³-hybridized carbons (Fsp3) is 0.469. The predicted molar refractivity (Wildman–Crippen MR) is 163 cm³/mol. The smallest absolute Gasteiger partial charge is 0.435 e. The highest BCUT2D eigenvalue weighted by atomic mass is 16.6. The number of hydrogen-bond donors (Lipinski definition) is 2. The number of benzene rings is 2. The summed E-state index contributed by atoms with van der Waals surface area (Å²) in [7, 11) is 0. The summed E-state index contributed by atoms with van der Waals surface area (Å²) in [5.41, 5.74) is 2.96. The van der Waals surface area contributed by atoms with E-state index in [2.05, 4.69) is 50.4 Å². The van der Waals surface area contributed by atoms with Crippen molar-refractivity contribution in [3.05, 3.63) is 71.9 Å². The first kappa shape index (κ1) is 33.6. The molecule has 0 atom stereocenters. The monoisotopic (exact) mass is 536 g/mol. The number of nitrogens with zero attached hydrogens (tertiary/aromatic N) is 2. The highest BCUT2D eigenvalue weighted by Gasteiger charge is 2.21. The van der Waals surface area contributed by atoms with E-state index in [1.807, 2.05) is 56.3 Å². The number of anilines is 1. The van der Waals surface area contributed by atoms with Crippen LogP contribution in [0.4, 0.5) is 10.5 Å². The van der Waals surface area contributed by atoms with Crippen molar-refractivity contribution in [2.45, 2.75) is 86.7 Å². The van der Waals surface area contributed by atoms with Crippen molar-refractivity contribution in [2.75, 3.05) is 18.4 Å². The largest absolute Gasteiger partial charge is 0.442 e. The number of aromatic nitrogens is 2. The molecule has 0 fully saturated rings. The second-order valence-corrected chi connectivity index (χ2v) is 10.8. The van der Waals surface area contributed by atoms with Crippen molar-refractivity contribution in [1.29, 1.82) is 0 Å². The lowest BCUT2D eigenvalue weighted by molar-refractivity contribution is 0.0517. The van der Waals surface area contributed by atoms with Gasteiger partial charge in [-0.05, 0) is 81.6 Å². The summed E-state index contributed by atoms with van der Waals surface area (Å²) in [5.74, 6) is -0.191. The Morgan fingerprint density at radius 2 is 1.59 bits per heavy atom. The van der Waals surface area contributed by atoms with E-state index < -0.39 is 11.7 Å². The molecular weight excluding hydrogens is 488 g/mol. The summed E-state index contributed by atoms with van der Waals surface area (Å²) in [6.07, 6.45) is 2.23. The Hall–Kier alpha value is -3.45. The topological polar surface area (TPSA) is 85.2 Å². The molecule has 2 aromatic carbocycles. The molecule has 0 aliphatic heterocycles. The van der Waals surface area contributed by atoms with Crippen molar-refractivity contribution in [1.82, 2.24) is 15.1 Å². The van der Waals surface area contributed by atoms with Crippen LogP contribution in [0.15, 0.2) is 60.8 Å². The quantitative estimate of drug-likeness (QED) is 0.313. The molecule has 1 heterocycles. The van der Waals surface area contributed by atoms with Crippen molar-refractivity contribution in [3.8, 4) is 11.3 Å². The number of ether oxygens (including phenoxy) is 1. The van der Waals surface area contributed by atoms with Gasteiger partial charge in [0.15, 0.2) is 0 Å². The maximum absolute atomic E-state index is 12.8. The van der Waals surface area contributed by atoms with Crippen LogP contribution in [0, 0.1) is 0 Å². The second kappa shape index (κ2) is 15.8. The van der Waals surface area contributed by atoms with E-state index in [1.165, 1.54) is 11.1 Å². The van der Waals surface area contributed by atoms with E-state index >= 15 is 0 Å². The number of carbonyl (C=O) groups is 2. The summed E-state index contributed by atoms with van der Waals surface area (Å²) in [4.78, 5) is 25.3. The summed E-state index contributed by atoms with van der Waals surface area (Å²) in [5, 5.41) is 10.2. The minimum Gasteiger partial charge on any atom is -0.442 e. The molecule has 0 bridgehead atoms. The van der Waals surface area contributed by atoms with Crippen LogP contribution in [0.3, 0.4) is 0 Å². The molecule has 1 amide bonds. The van der Waals surface area contributed by atoms with Crippen LogP contribution in [0.5, 0.6) is 0 Å². The number of nitrogens with one attached hydrogen (secondary N) is 2. The molecule has 0 aliphatic carbocycles. The number of amides is 1. The Labute approximate surface area is 235 Å². The van der Waals surface area contributed by atoms with Gasteiger partial charge in [-0.3, -0.25) is 4.79 Å². The fourth-order valence-electron chi connectivity index (χ4n) is 3.41. The molecule has 0 unspecified atom stereocenters. The van der Waals surface area contributed by atoms with Gasteiger partial charge in [-0.2, -0.15) is 9.78 Å². The minimum absolute atomic E-state index is 0.0454. The molecule has 1 aromatic heterocycles. The molecule has 214 valence electrons. The zero-order chi connectivity index (χ0) is 29.6. The van der Waals surface area contributed by atoms with E-state index in [4.69, 9.17) is 4.74 Å². The van der Waals surface area contributed by atoms with Crippen molar-refractivity contribution in [3.63, 3.8) is 0 Å². The van der Waals surface area contributed by atoms with Gasteiger partial charge in [0.05, 0.1) is 11.9 Å². The highest BCUT2D eigenvalue weighted by Crippen LogP contribution is 2.25. The Morgan fingerprint density at radius 3 is 2.15 bits per heavy atom. The SMILES string of the molecule is CC.CC(C)(C)OC(=O)n1nccc1-c1cccc(NC(=O)c2cccc(C(C)(C)C)c2)c1.CCCNCC. The van der Waals surface area contributed by atoms with Gasteiger partial charge in [0, 0.05) is 16.8 Å². The molecule has 39 heavy (non-hydrogen) atoms. The average molecular weight is 537 g/mol. The number of carbonyl (C=O) groups excluding carboxylic acids is 2. The van der Waals surface area contributed by atoms with E-state index in [9.17, 15) is 9.59 Å². The van der Waals surface area contributed by atoms with Crippen molar-refractivity contribution < 1.29 is 14.3 Å². The van der Waals surface area contributed by atoms with Crippen LogP contribution in [0.1, 0.15) is 91.6 Å². The van der Waals surface area contributed by atoms with Gasteiger partial charge >= 0.3 is 6.09 Å². The standard InChI is InChI=1S/C25H29N3O3.C5H13N.C2H6/c1-24(2,3)19-11-7-10-18(15-19)22(29)27-20-12-8-9-17(16-20)21-13-14-26-28(21)23(30)31-25(4,5)6;1-3-5-6-4-2;1-2/h7-16H,1-6H3,(H,27,29);6H,3-5H2,1-2H3;1-2H3. The third kappa shape index (κ3) is 11.4. The van der Waals surface area contributed by atoms with Crippen molar-refractivity contribution in [2.24, 2.45) is 0 Å². The van der Waals surface area contributed by atoms with Crippen LogP contribution in [-0.4, -0.2) is 40.5 Å². The first-order valence-electron chi connectivity index (χ1n) is 13.9. The summed E-state index contributed by atoms with van der Waals surface area (Å²) in [6, 6.07) is 16.7. The molecule has 0 aliphatic rings. The Bertz CT molecular complexity index is 1170. The van der Waals surface area contributed by atoms with Crippen LogP contribution in [0.25, 0.3) is 11.3 Å². The lowest BCUT2D eigenvalue weighted by atomic mass is 9.86. The molecule has 3 rings (SSSR count). The Balaban J connectivity index is 0.000000839. The summed E-state index contributed by atoms with van der Waals surface area (Å²) < 4.78 is 6.65. The van der Waals surface area contributed by atoms with Crippen molar-refractivity contribution >= 4 is 17.7 Å². The van der Waals surface area contributed by atoms with Crippen LogP contribution in [-0.2, 0) is 10.2 Å². The van der Waals surface area contributed by atoms with Crippen LogP contribution < -0.4 is 10.6 Å². The summed E-state index contributed by atoms with van der Waals surface area (Å²) >= 11 is 0. The zero-order valence-corrected chi connectivity index (χ0v) is 25.5. The maximum atomic E-state index is 12.8. The molecule has 3 aromatic rings. The Kier molecular flexibility index (Phi) is 13.6. The summed E-state index contributed by atoms with van der Waals surface area (Å²) in [6.45, 7) is 22.3. The lowest BCUT2D eigenvalue weighted by Crippen LogP contribution is -2.28. The molecule has 2 N–H and O–H groups in total. The third-order valence-electron chi connectivity index (χ3n) is 5.29. The number of hydrogen-bond acceptors (Lipinski definition) is 5. The van der Waals surface area contributed by atoms with Crippen LogP contribution >= 0.6 is 0 Å². The first-order valence-corrected chi connectivity index (χ1v) is 13.9. The van der Waals surface area contributed by atoms with Gasteiger partial charge in [-0.25, -0.2) is 4.79 Å². The number of rotatable bonds is 6. The molecule has 7 nitrogen and oxygen atoms in total. The van der Waals surface area contributed by atoms with E-state index in [-0.39, 0.29) is 11.3 Å². The molecule has 7 heteroatoms. The third-order valence-corrected chi connectivity index (χ3v) is 5.29.